The Hall–Kier alpha value is -0.834. The molecule has 0 aliphatic rings. The van der Waals surface area contributed by atoms with Gasteiger partial charge in [-0.25, -0.2) is 19.0 Å². The summed E-state index contributed by atoms with van der Waals surface area (Å²) in [5, 5.41) is 9.54. The van der Waals surface area contributed by atoms with Gasteiger partial charge in [0.1, 0.15) is 15.5 Å². The van der Waals surface area contributed by atoms with Crippen LogP contribution >= 0.6 is 34.8 Å². The van der Waals surface area contributed by atoms with Crippen LogP contribution in [0.25, 0.3) is 11.3 Å². The molecule has 0 aromatic carbocycles. The van der Waals surface area contributed by atoms with Crippen LogP contribution in [0.3, 0.4) is 0 Å². The van der Waals surface area contributed by atoms with Crippen LogP contribution < -0.4 is 12.4 Å². The van der Waals surface area contributed by atoms with Crippen LogP contribution in [0.15, 0.2) is 36.7 Å². The zero-order chi connectivity index (χ0) is 18.4. The van der Waals surface area contributed by atoms with Crippen molar-refractivity contribution in [2.24, 2.45) is 0 Å². The second-order valence-electron chi connectivity index (χ2n) is 4.57. The van der Waals surface area contributed by atoms with E-state index in [1.807, 2.05) is 12.1 Å². The molecule has 0 bridgehead atoms. The molecule has 28 heavy (non-hydrogen) atoms. The van der Waals surface area contributed by atoms with Crippen molar-refractivity contribution in [1.82, 2.24) is 29.2 Å². The molecule has 0 saturated heterocycles. The Morgan fingerprint density at radius 3 is 1.79 bits per heavy atom. The van der Waals surface area contributed by atoms with E-state index in [1.165, 1.54) is 4.52 Å². The van der Waals surface area contributed by atoms with Crippen LogP contribution in [-0.4, -0.2) is 52.2 Å². The molecule has 4 aromatic heterocycles. The molecule has 0 unspecified atom stereocenters. The van der Waals surface area contributed by atoms with Crippen molar-refractivity contribution >= 4 is 69.1 Å². The van der Waals surface area contributed by atoms with E-state index in [-0.39, 0.29) is 42.9 Å². The Balaban J connectivity index is 0. The van der Waals surface area contributed by atoms with Gasteiger partial charge >= 0.3 is 23.1 Å². The smallest absolute Gasteiger partial charge is 1.00 e. The molecule has 4 aromatic rings. The molecule has 0 aliphatic heterocycles. The quantitative estimate of drug-likeness (QED) is 0.313. The van der Waals surface area contributed by atoms with Crippen molar-refractivity contribution in [1.29, 1.82) is 0 Å². The minimum absolute atomic E-state index is 0. The molecule has 4 rings (SSSR count). The van der Waals surface area contributed by atoms with Crippen molar-refractivity contribution in [2.45, 2.75) is 27.7 Å². The molecule has 0 N–H and O–H groups in total. The summed E-state index contributed by atoms with van der Waals surface area (Å²) in [7, 11) is 0. The maximum atomic E-state index is 5.71. The fourth-order valence-electron chi connectivity index (χ4n) is 1.91. The van der Waals surface area contributed by atoms with Gasteiger partial charge in [-0.2, -0.15) is 17.1 Å². The van der Waals surface area contributed by atoms with E-state index in [0.717, 1.165) is 17.8 Å². The predicted octanol–water partition coefficient (Wildman–Crippen LogP) is 2.08. The van der Waals surface area contributed by atoms with Gasteiger partial charge < -0.3 is 19.3 Å². The van der Waals surface area contributed by atoms with Gasteiger partial charge in [-0.1, -0.05) is 49.2 Å². The zero-order valence-electron chi connectivity index (χ0n) is 14.8. The third-order valence-corrected chi connectivity index (χ3v) is 3.53. The van der Waals surface area contributed by atoms with E-state index < -0.39 is 0 Å². The Kier molecular flexibility index (Phi) is 14.9. The van der Waals surface area contributed by atoms with Gasteiger partial charge in [0.2, 0.25) is 0 Å². The molecule has 0 amide bonds. The minimum atomic E-state index is 0. The third kappa shape index (κ3) is 7.89. The number of aromatic nitrogens is 6. The molecule has 11 heteroatoms. The van der Waals surface area contributed by atoms with Gasteiger partial charge in [0, 0.05) is 0 Å². The first kappa shape index (κ1) is 29.4. The van der Waals surface area contributed by atoms with Crippen LogP contribution in [0.1, 0.15) is 27.0 Å². The fourth-order valence-corrected chi connectivity index (χ4v) is 2.41. The third-order valence-electron chi connectivity index (χ3n) is 2.97. The second kappa shape index (κ2) is 14.2. The van der Waals surface area contributed by atoms with Gasteiger partial charge in [0.15, 0.2) is 11.3 Å². The first-order valence-corrected chi connectivity index (χ1v) is 8.57. The Bertz CT molecular complexity index is 973. The van der Waals surface area contributed by atoms with E-state index in [9.17, 15) is 0 Å². The maximum absolute atomic E-state index is 5.71. The normalized spacial score (nSPS) is 9.07. The minimum Gasteiger partial charge on any atom is -1.00 e. The Morgan fingerprint density at radius 1 is 0.821 bits per heavy atom. The SMILES string of the molecule is C.CCc1ccc2nc(Cl)cn2n1.Clc1cn2nc(Cl)ccc2n1.[CH2-]C.[Cl-].[Mg+2]. The molecule has 0 aliphatic carbocycles. The van der Waals surface area contributed by atoms with Crippen molar-refractivity contribution in [3.63, 3.8) is 0 Å². The summed E-state index contributed by atoms with van der Waals surface area (Å²) in [5.74, 6) is 0. The second-order valence-corrected chi connectivity index (χ2v) is 5.73. The fraction of sp³-hybridized carbons (Fsp3) is 0.235. The van der Waals surface area contributed by atoms with Crippen molar-refractivity contribution in [2.75, 3.05) is 0 Å². The summed E-state index contributed by atoms with van der Waals surface area (Å²) >= 11 is 17.0. The number of hydrogen-bond acceptors (Lipinski definition) is 4. The van der Waals surface area contributed by atoms with Crippen LogP contribution in [0.2, 0.25) is 15.5 Å². The average molecular weight is 475 g/mol. The van der Waals surface area contributed by atoms with E-state index >= 15 is 0 Å². The summed E-state index contributed by atoms with van der Waals surface area (Å²) in [5.41, 5.74) is 2.52. The van der Waals surface area contributed by atoms with Gasteiger partial charge in [-0.05, 0) is 30.7 Å². The molecule has 0 spiro atoms. The summed E-state index contributed by atoms with van der Waals surface area (Å²) in [6, 6.07) is 7.29. The van der Waals surface area contributed by atoms with Gasteiger partial charge in [-0.3, -0.25) is 0 Å². The maximum Gasteiger partial charge on any atom is 2.00 e. The number of fused-ring (bicyclic) bond motifs is 2. The number of rotatable bonds is 1. The number of aryl methyl sites for hydroxylation is 1. The molecule has 0 saturated carbocycles. The number of nitrogens with zero attached hydrogens (tertiary/aromatic N) is 6. The molecule has 0 fully saturated rings. The van der Waals surface area contributed by atoms with Crippen LogP contribution in [0.5, 0.6) is 0 Å². The first-order chi connectivity index (χ1) is 12.0. The molecule has 6 nitrogen and oxygen atoms in total. The molecular formula is C17H20Cl4MgN6. The number of halogens is 4. The molecular weight excluding hydrogens is 454 g/mol. The Labute approximate surface area is 202 Å². The van der Waals surface area contributed by atoms with Crippen molar-refractivity contribution < 1.29 is 12.4 Å². The van der Waals surface area contributed by atoms with E-state index in [0.29, 0.717) is 21.1 Å². The first-order valence-electron chi connectivity index (χ1n) is 7.44. The summed E-state index contributed by atoms with van der Waals surface area (Å²) in [6.07, 6.45) is 4.23. The molecule has 148 valence electrons. The monoisotopic (exact) mass is 472 g/mol. The molecule has 0 radical (unpaired) electrons. The van der Waals surface area contributed by atoms with Crippen LogP contribution in [0, 0.1) is 6.92 Å². The van der Waals surface area contributed by atoms with E-state index in [1.54, 1.807) is 36.0 Å². The molecule has 4 heterocycles. The Morgan fingerprint density at radius 2 is 1.29 bits per heavy atom. The van der Waals surface area contributed by atoms with Gasteiger partial charge in [0.05, 0.1) is 18.1 Å². The number of imidazole rings is 2. The van der Waals surface area contributed by atoms with E-state index in [2.05, 4.69) is 34.0 Å². The van der Waals surface area contributed by atoms with E-state index in [4.69, 9.17) is 34.8 Å². The van der Waals surface area contributed by atoms with Gasteiger partial charge in [-0.15, -0.1) is 0 Å². The predicted molar refractivity (Wildman–Crippen MR) is 114 cm³/mol. The van der Waals surface area contributed by atoms with Crippen molar-refractivity contribution in [3.8, 4) is 0 Å². The van der Waals surface area contributed by atoms with Gasteiger partial charge in [0.25, 0.3) is 0 Å². The van der Waals surface area contributed by atoms with Crippen LogP contribution in [0.4, 0.5) is 0 Å². The summed E-state index contributed by atoms with van der Waals surface area (Å²) < 4.78 is 3.23. The summed E-state index contributed by atoms with van der Waals surface area (Å²) in [6.45, 7) is 7.06. The largest absolute Gasteiger partial charge is 2.00 e. The topological polar surface area (TPSA) is 60.4 Å². The van der Waals surface area contributed by atoms with Crippen LogP contribution in [-0.2, 0) is 6.42 Å². The molecule has 0 atom stereocenters. The zero-order valence-corrected chi connectivity index (χ0v) is 19.2. The summed E-state index contributed by atoms with van der Waals surface area (Å²) in [4.78, 5) is 8.02. The standard InChI is InChI=1S/C8H8ClN3.C6H3Cl2N3.C2H5.CH4.ClH.Mg/c1-2-6-3-4-8-10-7(9)5-12(8)11-6;7-4-1-2-6-9-5(8)3-11(6)10-4;1-2;;;/h3-5H,2H2,1H3;1-3H;1H2,2H3;1H4;1H;/q;;-1;;;+2/p-1. The average Bonchev–Trinajstić information content (AvgIpc) is 3.16. The number of hydrogen-bond donors (Lipinski definition) is 0. The van der Waals surface area contributed by atoms with Crippen molar-refractivity contribution in [3.05, 3.63) is 64.7 Å².